The summed E-state index contributed by atoms with van der Waals surface area (Å²) in [5.74, 6) is -2.38. The van der Waals surface area contributed by atoms with Gasteiger partial charge in [0.25, 0.3) is 0 Å². The Balaban J connectivity index is 2.04. The molecule has 3 heterocycles. The first-order chi connectivity index (χ1) is 15.7. The first-order valence-electron chi connectivity index (χ1n) is 12.4. The number of carbonyl (C=O) groups is 3. The Hall–Kier alpha value is -1.93. The van der Waals surface area contributed by atoms with Crippen LogP contribution in [0.4, 0.5) is 0 Å². The third-order valence-corrected chi connectivity index (χ3v) is 7.84. The summed E-state index contributed by atoms with van der Waals surface area (Å²) >= 11 is 0. The van der Waals surface area contributed by atoms with Gasteiger partial charge in [0, 0.05) is 26.2 Å². The second-order valence-electron chi connectivity index (χ2n) is 9.84. The SMILES string of the molecule is C=CCN(CCCCC)C(=O)C1N(CCCO)C(=O)[C@@H]2[C@H](C(=O)OCC)[C@@]3(C)OC12CC3C. The molecular formula is C25H40N2O6. The number of nitrogens with zero attached hydrogens (tertiary/aromatic N) is 2. The van der Waals surface area contributed by atoms with Crippen molar-refractivity contribution in [2.75, 3.05) is 32.8 Å². The lowest BCUT2D eigenvalue weighted by molar-refractivity contribution is -0.162. The van der Waals surface area contributed by atoms with Crippen LogP contribution >= 0.6 is 0 Å². The molecule has 0 radical (unpaired) electrons. The first kappa shape index (κ1) is 25.7. The topological polar surface area (TPSA) is 96.4 Å². The highest BCUT2D eigenvalue weighted by molar-refractivity contribution is 5.98. The summed E-state index contributed by atoms with van der Waals surface area (Å²) < 4.78 is 12.0. The molecule has 3 rings (SSSR count). The zero-order valence-corrected chi connectivity index (χ0v) is 20.5. The number of aliphatic hydroxyl groups is 1. The number of unbranched alkanes of at least 4 members (excludes halogenated alkanes) is 2. The number of hydrogen-bond donors (Lipinski definition) is 1. The molecule has 186 valence electrons. The van der Waals surface area contributed by atoms with Gasteiger partial charge in [0.05, 0.1) is 18.1 Å². The van der Waals surface area contributed by atoms with Gasteiger partial charge in [0.1, 0.15) is 17.6 Å². The van der Waals surface area contributed by atoms with Crippen molar-refractivity contribution in [2.24, 2.45) is 17.8 Å². The van der Waals surface area contributed by atoms with E-state index in [1.54, 1.807) is 22.8 Å². The summed E-state index contributed by atoms with van der Waals surface area (Å²) in [7, 11) is 0. The van der Waals surface area contributed by atoms with Gasteiger partial charge in [-0.3, -0.25) is 14.4 Å². The molecule has 0 aromatic heterocycles. The van der Waals surface area contributed by atoms with E-state index in [4.69, 9.17) is 9.47 Å². The largest absolute Gasteiger partial charge is 0.466 e. The average Bonchev–Trinajstić information content (AvgIpc) is 3.28. The Morgan fingerprint density at radius 1 is 1.33 bits per heavy atom. The molecule has 8 heteroatoms. The molecule has 0 saturated carbocycles. The monoisotopic (exact) mass is 464 g/mol. The third kappa shape index (κ3) is 4.09. The standard InChI is InChI=1S/C25H40N2O6/c1-6-9-10-13-26(12-7-2)22(30)20-25-16-17(4)24(5,33-25)19(23(31)32-8-3)18(25)21(29)27(20)14-11-15-28/h7,17-20,28H,2,6,8-16H2,1,3-5H3/t17?,18-,19+,20?,24-,25?/m0/s1. The van der Waals surface area contributed by atoms with Crippen molar-refractivity contribution in [3.8, 4) is 0 Å². The fourth-order valence-electron chi connectivity index (χ4n) is 6.26. The van der Waals surface area contributed by atoms with Crippen LogP contribution in [-0.2, 0) is 23.9 Å². The van der Waals surface area contributed by atoms with Crippen LogP contribution in [-0.4, -0.2) is 82.8 Å². The van der Waals surface area contributed by atoms with E-state index in [0.29, 0.717) is 25.9 Å². The van der Waals surface area contributed by atoms with Crippen LogP contribution < -0.4 is 0 Å². The van der Waals surface area contributed by atoms with Crippen LogP contribution in [0.2, 0.25) is 0 Å². The zero-order chi connectivity index (χ0) is 24.4. The average molecular weight is 465 g/mol. The van der Waals surface area contributed by atoms with Crippen LogP contribution in [0.3, 0.4) is 0 Å². The molecule has 3 fully saturated rings. The molecule has 1 N–H and O–H groups in total. The Morgan fingerprint density at radius 3 is 2.67 bits per heavy atom. The van der Waals surface area contributed by atoms with E-state index >= 15 is 0 Å². The molecule has 6 atom stereocenters. The molecule has 3 unspecified atom stereocenters. The van der Waals surface area contributed by atoms with Crippen LogP contribution in [0.5, 0.6) is 0 Å². The highest BCUT2D eigenvalue weighted by atomic mass is 16.6. The molecular weight excluding hydrogens is 424 g/mol. The first-order valence-corrected chi connectivity index (χ1v) is 12.4. The number of esters is 1. The molecule has 0 aromatic carbocycles. The van der Waals surface area contributed by atoms with Crippen molar-refractivity contribution in [3.63, 3.8) is 0 Å². The number of ether oxygens (including phenoxy) is 2. The molecule has 3 aliphatic rings. The minimum Gasteiger partial charge on any atom is -0.466 e. The summed E-state index contributed by atoms with van der Waals surface area (Å²) in [5, 5.41) is 9.45. The van der Waals surface area contributed by atoms with Gasteiger partial charge in [0.15, 0.2) is 0 Å². The molecule has 2 amide bonds. The van der Waals surface area contributed by atoms with Crippen molar-refractivity contribution in [3.05, 3.63) is 12.7 Å². The molecule has 33 heavy (non-hydrogen) atoms. The number of likely N-dealkylation sites (tertiary alicyclic amines) is 1. The predicted octanol–water partition coefficient (Wildman–Crippen LogP) is 2.15. The van der Waals surface area contributed by atoms with Gasteiger partial charge in [-0.25, -0.2) is 0 Å². The van der Waals surface area contributed by atoms with Gasteiger partial charge < -0.3 is 24.4 Å². The lowest BCUT2D eigenvalue weighted by Crippen LogP contribution is -2.56. The minimum atomic E-state index is -1.07. The summed E-state index contributed by atoms with van der Waals surface area (Å²) in [5.41, 5.74) is -1.93. The number of amides is 2. The van der Waals surface area contributed by atoms with Crippen LogP contribution in [0.15, 0.2) is 12.7 Å². The quantitative estimate of drug-likeness (QED) is 0.270. The number of carbonyl (C=O) groups excluding carboxylic acids is 3. The lowest BCUT2D eigenvalue weighted by Gasteiger charge is -2.37. The van der Waals surface area contributed by atoms with Gasteiger partial charge in [-0.05, 0) is 39.0 Å². The minimum absolute atomic E-state index is 0.0167. The second kappa shape index (κ2) is 10.1. The summed E-state index contributed by atoms with van der Waals surface area (Å²) in [6, 6.07) is -0.827. The fourth-order valence-corrected chi connectivity index (χ4v) is 6.26. The molecule has 8 nitrogen and oxygen atoms in total. The predicted molar refractivity (Wildman–Crippen MR) is 123 cm³/mol. The molecule has 3 saturated heterocycles. The number of fused-ring (bicyclic) bond motifs is 1. The van der Waals surface area contributed by atoms with Crippen molar-refractivity contribution in [2.45, 2.75) is 77.0 Å². The van der Waals surface area contributed by atoms with Gasteiger partial charge in [0.2, 0.25) is 11.8 Å². The van der Waals surface area contributed by atoms with E-state index in [2.05, 4.69) is 13.5 Å². The Labute approximate surface area is 197 Å². The van der Waals surface area contributed by atoms with Gasteiger partial charge in [-0.2, -0.15) is 0 Å². The van der Waals surface area contributed by atoms with E-state index in [9.17, 15) is 19.5 Å². The van der Waals surface area contributed by atoms with Crippen molar-refractivity contribution < 1.29 is 29.0 Å². The van der Waals surface area contributed by atoms with Gasteiger partial charge in [-0.15, -0.1) is 6.58 Å². The number of rotatable bonds is 12. The highest BCUT2D eigenvalue weighted by Crippen LogP contribution is 2.65. The molecule has 2 bridgehead atoms. The van der Waals surface area contributed by atoms with E-state index in [-0.39, 0.29) is 37.5 Å². The molecule has 1 spiro atoms. The molecule has 3 aliphatic heterocycles. The van der Waals surface area contributed by atoms with E-state index < -0.39 is 35.0 Å². The fraction of sp³-hybridized carbons (Fsp3) is 0.800. The third-order valence-electron chi connectivity index (χ3n) is 7.84. The van der Waals surface area contributed by atoms with Crippen molar-refractivity contribution >= 4 is 17.8 Å². The number of hydrogen-bond acceptors (Lipinski definition) is 6. The maximum absolute atomic E-state index is 14.0. The second-order valence-corrected chi connectivity index (χ2v) is 9.84. The van der Waals surface area contributed by atoms with E-state index in [1.807, 2.05) is 13.8 Å². The maximum Gasteiger partial charge on any atom is 0.312 e. The van der Waals surface area contributed by atoms with Crippen molar-refractivity contribution in [1.29, 1.82) is 0 Å². The Kier molecular flexibility index (Phi) is 7.89. The van der Waals surface area contributed by atoms with Gasteiger partial charge >= 0.3 is 5.97 Å². The van der Waals surface area contributed by atoms with Gasteiger partial charge in [-0.1, -0.05) is 32.8 Å². The molecule has 0 aromatic rings. The normalized spacial score (nSPS) is 34.5. The zero-order valence-electron chi connectivity index (χ0n) is 20.5. The Bertz CT molecular complexity index is 772. The maximum atomic E-state index is 14.0. The summed E-state index contributed by atoms with van der Waals surface area (Å²) in [4.78, 5) is 44.2. The van der Waals surface area contributed by atoms with E-state index in [1.165, 1.54) is 0 Å². The van der Waals surface area contributed by atoms with Crippen LogP contribution in [0.1, 0.15) is 59.8 Å². The van der Waals surface area contributed by atoms with E-state index in [0.717, 1.165) is 19.3 Å². The Morgan fingerprint density at radius 2 is 2.06 bits per heavy atom. The summed E-state index contributed by atoms with van der Waals surface area (Å²) in [6.07, 6.45) is 5.48. The smallest absolute Gasteiger partial charge is 0.312 e. The van der Waals surface area contributed by atoms with Crippen LogP contribution in [0, 0.1) is 17.8 Å². The lowest BCUT2D eigenvalue weighted by atomic mass is 9.62. The highest BCUT2D eigenvalue weighted by Gasteiger charge is 2.80. The van der Waals surface area contributed by atoms with Crippen LogP contribution in [0.25, 0.3) is 0 Å². The summed E-state index contributed by atoms with van der Waals surface area (Å²) in [6.45, 7) is 12.9. The number of aliphatic hydroxyl groups excluding tert-OH is 1. The van der Waals surface area contributed by atoms with Crippen molar-refractivity contribution in [1.82, 2.24) is 9.80 Å². The molecule has 0 aliphatic carbocycles.